The Kier molecular flexibility index (Phi) is 6.31. The van der Waals surface area contributed by atoms with E-state index in [4.69, 9.17) is 14.9 Å². The van der Waals surface area contributed by atoms with Crippen molar-refractivity contribution in [2.45, 2.75) is 19.4 Å². The highest BCUT2D eigenvalue weighted by atomic mass is 16.5. The van der Waals surface area contributed by atoms with Gasteiger partial charge in [-0.3, -0.25) is 0 Å². The molecule has 1 aromatic rings. The molecule has 7 nitrogen and oxygen atoms in total. The third kappa shape index (κ3) is 5.15. The Morgan fingerprint density at radius 1 is 1.30 bits per heavy atom. The van der Waals surface area contributed by atoms with Gasteiger partial charge in [0, 0.05) is 5.69 Å². The fraction of sp³-hybridized carbons (Fsp3) is 0.385. The third-order valence-electron chi connectivity index (χ3n) is 2.37. The quantitative estimate of drug-likeness (QED) is 0.597. The number of benzene rings is 1. The molecule has 2 amide bonds. The molecule has 0 saturated carbocycles. The molecule has 4 N–H and O–H groups in total. The van der Waals surface area contributed by atoms with Crippen LogP contribution < -0.4 is 15.4 Å². The lowest BCUT2D eigenvalue weighted by atomic mass is 10.3. The van der Waals surface area contributed by atoms with Crippen LogP contribution in [0, 0.1) is 0 Å². The van der Waals surface area contributed by atoms with Crippen molar-refractivity contribution in [3.05, 3.63) is 24.3 Å². The van der Waals surface area contributed by atoms with Crippen LogP contribution in [-0.4, -0.2) is 41.5 Å². The van der Waals surface area contributed by atoms with E-state index in [2.05, 4.69) is 10.6 Å². The van der Waals surface area contributed by atoms with Crippen molar-refractivity contribution in [3.63, 3.8) is 0 Å². The predicted octanol–water partition coefficient (Wildman–Crippen LogP) is 1.04. The van der Waals surface area contributed by atoms with Crippen molar-refractivity contribution >= 4 is 17.7 Å². The van der Waals surface area contributed by atoms with E-state index in [-0.39, 0.29) is 0 Å². The Morgan fingerprint density at radius 3 is 2.45 bits per heavy atom. The van der Waals surface area contributed by atoms with Crippen LogP contribution in [0.3, 0.4) is 0 Å². The maximum Gasteiger partial charge on any atom is 0.328 e. The summed E-state index contributed by atoms with van der Waals surface area (Å²) >= 11 is 0. The molecule has 0 saturated heterocycles. The van der Waals surface area contributed by atoms with Crippen LogP contribution in [0.25, 0.3) is 0 Å². The highest BCUT2D eigenvalue weighted by Gasteiger charge is 2.18. The van der Waals surface area contributed by atoms with Gasteiger partial charge < -0.3 is 25.6 Å². The number of carboxylic acid groups (broad SMARTS) is 1. The summed E-state index contributed by atoms with van der Waals surface area (Å²) in [7, 11) is 0. The first-order chi connectivity index (χ1) is 9.56. The molecule has 1 rings (SSSR count). The molecule has 0 aliphatic rings. The molecular weight excluding hydrogens is 264 g/mol. The van der Waals surface area contributed by atoms with Crippen molar-refractivity contribution in [3.8, 4) is 5.75 Å². The maximum absolute atomic E-state index is 11.5. The van der Waals surface area contributed by atoms with Crippen LogP contribution >= 0.6 is 0 Å². The Hall–Kier alpha value is -2.28. The van der Waals surface area contributed by atoms with Gasteiger partial charge in [-0.05, 0) is 30.7 Å². The molecule has 0 radical (unpaired) electrons. The van der Waals surface area contributed by atoms with Gasteiger partial charge in [-0.2, -0.15) is 0 Å². The normalized spacial score (nSPS) is 11.5. The predicted molar refractivity (Wildman–Crippen MR) is 72.9 cm³/mol. The minimum atomic E-state index is -1.33. The van der Waals surface area contributed by atoms with E-state index in [0.717, 1.165) is 6.42 Å². The van der Waals surface area contributed by atoms with Gasteiger partial charge in [0.2, 0.25) is 0 Å². The summed E-state index contributed by atoms with van der Waals surface area (Å²) in [6.07, 6.45) is 0.903. The summed E-state index contributed by atoms with van der Waals surface area (Å²) in [5.74, 6) is -0.609. The second-order valence-corrected chi connectivity index (χ2v) is 4.04. The van der Waals surface area contributed by atoms with Crippen LogP contribution in [0.4, 0.5) is 10.5 Å². The lowest BCUT2D eigenvalue weighted by molar-refractivity contribution is -0.140. The van der Waals surface area contributed by atoms with Crippen molar-refractivity contribution in [2.24, 2.45) is 0 Å². The van der Waals surface area contributed by atoms with Crippen LogP contribution in [0.15, 0.2) is 24.3 Å². The molecule has 1 atom stereocenters. The number of carboxylic acids is 1. The SMILES string of the molecule is CCCOc1ccc(NC(=O)NC(CO)C(=O)O)cc1. The number of carbonyl (C=O) groups is 2. The number of hydrogen-bond acceptors (Lipinski definition) is 4. The Bertz CT molecular complexity index is 447. The molecule has 0 bridgehead atoms. The molecule has 0 spiro atoms. The number of anilines is 1. The van der Waals surface area contributed by atoms with Gasteiger partial charge in [-0.15, -0.1) is 0 Å². The molecule has 0 aliphatic carbocycles. The zero-order valence-corrected chi connectivity index (χ0v) is 11.1. The number of amides is 2. The van der Waals surface area contributed by atoms with Gasteiger partial charge in [-0.1, -0.05) is 6.92 Å². The third-order valence-corrected chi connectivity index (χ3v) is 2.37. The average molecular weight is 282 g/mol. The number of aliphatic hydroxyl groups is 1. The fourth-order valence-corrected chi connectivity index (χ4v) is 1.37. The molecule has 0 aliphatic heterocycles. The lowest BCUT2D eigenvalue weighted by Gasteiger charge is -2.13. The largest absolute Gasteiger partial charge is 0.494 e. The number of carbonyl (C=O) groups excluding carboxylic acids is 1. The summed E-state index contributed by atoms with van der Waals surface area (Å²) in [5, 5.41) is 22.1. The van der Waals surface area contributed by atoms with Crippen molar-refractivity contribution in [2.75, 3.05) is 18.5 Å². The minimum absolute atomic E-state index is 0.494. The second kappa shape index (κ2) is 8.00. The molecular formula is C13H18N2O5. The summed E-state index contributed by atoms with van der Waals surface area (Å²) in [6.45, 7) is 1.94. The number of rotatable bonds is 7. The smallest absolute Gasteiger partial charge is 0.328 e. The number of nitrogens with one attached hydrogen (secondary N) is 2. The van der Waals surface area contributed by atoms with E-state index in [9.17, 15) is 9.59 Å². The van der Waals surface area contributed by atoms with Crippen molar-refractivity contribution < 1.29 is 24.5 Å². The topological polar surface area (TPSA) is 108 Å². The van der Waals surface area contributed by atoms with Gasteiger partial charge in [-0.25, -0.2) is 9.59 Å². The van der Waals surface area contributed by atoms with E-state index in [1.807, 2.05) is 6.92 Å². The lowest BCUT2D eigenvalue weighted by Crippen LogP contribution is -2.45. The van der Waals surface area contributed by atoms with Crippen LogP contribution in [0.1, 0.15) is 13.3 Å². The number of aliphatic hydroxyl groups excluding tert-OH is 1. The van der Waals surface area contributed by atoms with Crippen LogP contribution in [-0.2, 0) is 4.79 Å². The first-order valence-electron chi connectivity index (χ1n) is 6.20. The fourth-order valence-electron chi connectivity index (χ4n) is 1.37. The van der Waals surface area contributed by atoms with Crippen LogP contribution in [0.2, 0.25) is 0 Å². The zero-order valence-electron chi connectivity index (χ0n) is 11.1. The molecule has 7 heteroatoms. The van der Waals surface area contributed by atoms with Gasteiger partial charge in [0.05, 0.1) is 13.2 Å². The molecule has 1 aromatic carbocycles. The molecule has 110 valence electrons. The number of hydrogen-bond donors (Lipinski definition) is 4. The van der Waals surface area contributed by atoms with E-state index in [0.29, 0.717) is 18.0 Å². The highest BCUT2D eigenvalue weighted by molar-refractivity contribution is 5.92. The maximum atomic E-state index is 11.5. The van der Waals surface area contributed by atoms with Gasteiger partial charge in [0.1, 0.15) is 5.75 Å². The molecule has 0 fully saturated rings. The van der Waals surface area contributed by atoms with E-state index in [1.165, 1.54) is 0 Å². The second-order valence-electron chi connectivity index (χ2n) is 4.04. The molecule has 0 heterocycles. The van der Waals surface area contributed by atoms with E-state index >= 15 is 0 Å². The van der Waals surface area contributed by atoms with Crippen LogP contribution in [0.5, 0.6) is 5.75 Å². The van der Waals surface area contributed by atoms with Gasteiger partial charge in [0.25, 0.3) is 0 Å². The van der Waals surface area contributed by atoms with Gasteiger partial charge in [0.15, 0.2) is 6.04 Å². The Balaban J connectivity index is 2.51. The number of ether oxygens (including phenoxy) is 1. The van der Waals surface area contributed by atoms with E-state index < -0.39 is 24.6 Å². The minimum Gasteiger partial charge on any atom is -0.494 e. The first-order valence-corrected chi connectivity index (χ1v) is 6.20. The Labute approximate surface area is 116 Å². The summed E-state index contributed by atoms with van der Waals surface area (Å²) < 4.78 is 5.39. The standard InChI is InChI=1S/C13H18N2O5/c1-2-7-20-10-5-3-9(4-6-10)14-13(19)15-11(8-16)12(17)18/h3-6,11,16H,2,7-8H2,1H3,(H,17,18)(H2,14,15,19). The van der Waals surface area contributed by atoms with Gasteiger partial charge >= 0.3 is 12.0 Å². The first kappa shape index (κ1) is 15.8. The summed E-state index contributed by atoms with van der Waals surface area (Å²) in [4.78, 5) is 22.2. The average Bonchev–Trinajstić information content (AvgIpc) is 2.43. The van der Waals surface area contributed by atoms with Crippen molar-refractivity contribution in [1.82, 2.24) is 5.32 Å². The van der Waals surface area contributed by atoms with Crippen molar-refractivity contribution in [1.29, 1.82) is 0 Å². The summed E-state index contributed by atoms with van der Waals surface area (Å²) in [5.41, 5.74) is 0.494. The zero-order chi connectivity index (χ0) is 15.0. The number of aliphatic carboxylic acids is 1. The summed E-state index contributed by atoms with van der Waals surface area (Å²) in [6, 6.07) is 4.65. The molecule has 20 heavy (non-hydrogen) atoms. The Morgan fingerprint density at radius 2 is 1.95 bits per heavy atom. The highest BCUT2D eigenvalue weighted by Crippen LogP contribution is 2.15. The monoisotopic (exact) mass is 282 g/mol. The molecule has 0 aromatic heterocycles. The number of urea groups is 1. The van der Waals surface area contributed by atoms with E-state index in [1.54, 1.807) is 24.3 Å². The molecule has 1 unspecified atom stereocenters.